The smallest absolute Gasteiger partial charge is 0.249 e. The highest BCUT2D eigenvalue weighted by atomic mass is 16.2. The molecule has 1 fully saturated rings. The average Bonchev–Trinajstić information content (AvgIpc) is 3.01. The van der Waals surface area contributed by atoms with Crippen molar-refractivity contribution in [2.45, 2.75) is 19.8 Å². The number of carbonyl (C=O) groups excluding carboxylic acids is 1. The number of aromatic nitrogens is 3. The molecular weight excluding hydrogens is 204 g/mol. The van der Waals surface area contributed by atoms with Gasteiger partial charge in [-0.2, -0.15) is 4.98 Å². The summed E-state index contributed by atoms with van der Waals surface area (Å²) < 4.78 is 1.68. The summed E-state index contributed by atoms with van der Waals surface area (Å²) in [5.74, 6) is 0.604. The van der Waals surface area contributed by atoms with E-state index < -0.39 is 0 Å². The van der Waals surface area contributed by atoms with Gasteiger partial charge in [0.25, 0.3) is 0 Å². The Morgan fingerprint density at radius 2 is 2.38 bits per heavy atom. The number of hydrogen-bond acceptors (Lipinski definition) is 3. The van der Waals surface area contributed by atoms with Crippen LogP contribution in [0.15, 0.2) is 18.3 Å². The van der Waals surface area contributed by atoms with E-state index in [-0.39, 0.29) is 11.8 Å². The quantitative estimate of drug-likeness (QED) is 0.825. The van der Waals surface area contributed by atoms with Gasteiger partial charge in [-0.15, -0.1) is 5.10 Å². The molecule has 16 heavy (non-hydrogen) atoms. The molecule has 1 aliphatic carbocycles. The lowest BCUT2D eigenvalue weighted by Crippen LogP contribution is -2.14. The first-order valence-electron chi connectivity index (χ1n) is 5.37. The van der Waals surface area contributed by atoms with Crippen LogP contribution in [-0.4, -0.2) is 20.5 Å². The van der Waals surface area contributed by atoms with E-state index in [1.165, 1.54) is 0 Å². The minimum atomic E-state index is 0.0357. The van der Waals surface area contributed by atoms with Crippen molar-refractivity contribution in [2.75, 3.05) is 5.32 Å². The van der Waals surface area contributed by atoms with E-state index in [1.54, 1.807) is 4.52 Å². The van der Waals surface area contributed by atoms with Crippen LogP contribution in [0, 0.1) is 12.8 Å². The number of carbonyl (C=O) groups is 1. The fourth-order valence-corrected chi connectivity index (χ4v) is 1.65. The highest BCUT2D eigenvalue weighted by Crippen LogP contribution is 2.29. The van der Waals surface area contributed by atoms with Crippen molar-refractivity contribution in [3.63, 3.8) is 0 Å². The Balaban J connectivity index is 1.92. The summed E-state index contributed by atoms with van der Waals surface area (Å²) in [6, 6.07) is 3.88. The maximum absolute atomic E-state index is 11.5. The first-order chi connectivity index (χ1) is 7.74. The van der Waals surface area contributed by atoms with Crippen molar-refractivity contribution in [1.29, 1.82) is 0 Å². The van der Waals surface area contributed by atoms with E-state index in [0.29, 0.717) is 5.95 Å². The maximum atomic E-state index is 11.5. The van der Waals surface area contributed by atoms with Crippen LogP contribution in [-0.2, 0) is 4.79 Å². The molecular formula is C11H12N4O. The molecule has 5 heteroatoms. The fraction of sp³-hybridized carbons (Fsp3) is 0.364. The molecule has 0 radical (unpaired) electrons. The summed E-state index contributed by atoms with van der Waals surface area (Å²) in [6.45, 7) is 1.97. The molecule has 1 aliphatic rings. The van der Waals surface area contributed by atoms with Gasteiger partial charge in [0.2, 0.25) is 11.9 Å². The highest BCUT2D eigenvalue weighted by Gasteiger charge is 2.30. The molecule has 0 unspecified atom stereocenters. The largest absolute Gasteiger partial charge is 0.293 e. The van der Waals surface area contributed by atoms with Crippen molar-refractivity contribution in [2.24, 2.45) is 5.92 Å². The predicted octanol–water partition coefficient (Wildman–Crippen LogP) is 1.39. The number of pyridine rings is 1. The van der Waals surface area contributed by atoms with Crippen molar-refractivity contribution >= 4 is 17.5 Å². The normalized spacial score (nSPS) is 15.3. The summed E-state index contributed by atoms with van der Waals surface area (Å²) in [6.07, 6.45) is 3.79. The lowest BCUT2D eigenvalue weighted by atomic mass is 10.3. The predicted molar refractivity (Wildman–Crippen MR) is 59.1 cm³/mol. The number of rotatable bonds is 2. The van der Waals surface area contributed by atoms with E-state index in [4.69, 9.17) is 0 Å². The van der Waals surface area contributed by atoms with Gasteiger partial charge < -0.3 is 0 Å². The van der Waals surface area contributed by atoms with Crippen LogP contribution in [0.3, 0.4) is 0 Å². The Morgan fingerprint density at radius 3 is 3.06 bits per heavy atom. The molecule has 0 aliphatic heterocycles. The van der Waals surface area contributed by atoms with Gasteiger partial charge in [-0.1, -0.05) is 6.07 Å². The van der Waals surface area contributed by atoms with E-state index >= 15 is 0 Å². The Labute approximate surface area is 92.5 Å². The molecule has 2 heterocycles. The zero-order valence-electron chi connectivity index (χ0n) is 8.97. The second-order valence-electron chi connectivity index (χ2n) is 4.16. The molecule has 3 rings (SSSR count). The SMILES string of the molecule is Cc1cccn2nc(NC(=O)C3CC3)nc12. The van der Waals surface area contributed by atoms with Gasteiger partial charge in [0.1, 0.15) is 0 Å². The van der Waals surface area contributed by atoms with Crippen molar-refractivity contribution in [1.82, 2.24) is 14.6 Å². The molecule has 82 valence electrons. The number of hydrogen-bond donors (Lipinski definition) is 1. The van der Waals surface area contributed by atoms with Crippen molar-refractivity contribution in [3.8, 4) is 0 Å². The standard InChI is InChI=1S/C11H12N4O/c1-7-3-2-6-15-9(7)12-11(14-15)13-10(16)8-4-5-8/h2-3,6,8H,4-5H2,1H3,(H,13,14,16). The zero-order chi connectivity index (χ0) is 11.1. The second-order valence-corrected chi connectivity index (χ2v) is 4.16. The third kappa shape index (κ3) is 1.54. The Kier molecular flexibility index (Phi) is 1.92. The molecule has 0 atom stereocenters. The Hall–Kier alpha value is -1.91. The molecule has 1 saturated carbocycles. The van der Waals surface area contributed by atoms with Gasteiger partial charge in [-0.05, 0) is 31.4 Å². The van der Waals surface area contributed by atoms with Crippen molar-refractivity contribution < 1.29 is 4.79 Å². The first kappa shape index (κ1) is 9.33. The first-order valence-corrected chi connectivity index (χ1v) is 5.37. The van der Waals surface area contributed by atoms with Crippen LogP contribution in [0.2, 0.25) is 0 Å². The van der Waals surface area contributed by atoms with Crippen LogP contribution >= 0.6 is 0 Å². The number of nitrogens with one attached hydrogen (secondary N) is 1. The molecule has 1 N–H and O–H groups in total. The summed E-state index contributed by atoms with van der Waals surface area (Å²) in [4.78, 5) is 15.8. The third-order valence-corrected chi connectivity index (χ3v) is 2.74. The lowest BCUT2D eigenvalue weighted by molar-refractivity contribution is -0.117. The highest BCUT2D eigenvalue weighted by molar-refractivity contribution is 5.92. The van der Waals surface area contributed by atoms with Gasteiger partial charge in [0, 0.05) is 12.1 Å². The van der Waals surface area contributed by atoms with E-state index in [1.807, 2.05) is 25.3 Å². The van der Waals surface area contributed by atoms with Crippen LogP contribution in [0.4, 0.5) is 5.95 Å². The summed E-state index contributed by atoms with van der Waals surface area (Å²) in [7, 11) is 0. The molecule has 0 aromatic carbocycles. The van der Waals surface area contributed by atoms with Crippen LogP contribution in [0.1, 0.15) is 18.4 Å². The van der Waals surface area contributed by atoms with E-state index in [2.05, 4.69) is 15.4 Å². The maximum Gasteiger partial charge on any atom is 0.249 e. The van der Waals surface area contributed by atoms with Crippen LogP contribution in [0.5, 0.6) is 0 Å². The molecule has 5 nitrogen and oxygen atoms in total. The summed E-state index contributed by atoms with van der Waals surface area (Å²) in [5, 5.41) is 6.94. The van der Waals surface area contributed by atoms with Gasteiger partial charge in [0.05, 0.1) is 0 Å². The number of nitrogens with zero attached hydrogens (tertiary/aromatic N) is 3. The molecule has 0 spiro atoms. The minimum absolute atomic E-state index is 0.0357. The number of amides is 1. The molecule has 0 saturated heterocycles. The van der Waals surface area contributed by atoms with E-state index in [0.717, 1.165) is 24.1 Å². The van der Waals surface area contributed by atoms with Gasteiger partial charge >= 0.3 is 0 Å². The van der Waals surface area contributed by atoms with E-state index in [9.17, 15) is 4.79 Å². The molecule has 2 aromatic rings. The Bertz CT molecular complexity index is 556. The van der Waals surface area contributed by atoms with Gasteiger partial charge in [-0.25, -0.2) is 4.52 Å². The monoisotopic (exact) mass is 216 g/mol. The number of anilines is 1. The number of aryl methyl sites for hydroxylation is 1. The second kappa shape index (κ2) is 3.30. The fourth-order valence-electron chi connectivity index (χ4n) is 1.65. The van der Waals surface area contributed by atoms with Crippen LogP contribution < -0.4 is 5.32 Å². The molecule has 1 amide bonds. The van der Waals surface area contributed by atoms with Gasteiger partial charge in [0.15, 0.2) is 5.65 Å². The topological polar surface area (TPSA) is 59.3 Å². The van der Waals surface area contributed by atoms with Crippen LogP contribution in [0.25, 0.3) is 5.65 Å². The lowest BCUT2D eigenvalue weighted by Gasteiger charge is -1.95. The van der Waals surface area contributed by atoms with Gasteiger partial charge in [-0.3, -0.25) is 10.1 Å². The zero-order valence-corrected chi connectivity index (χ0v) is 8.97. The molecule has 2 aromatic heterocycles. The minimum Gasteiger partial charge on any atom is -0.293 e. The summed E-state index contributed by atoms with van der Waals surface area (Å²) >= 11 is 0. The Morgan fingerprint density at radius 1 is 1.56 bits per heavy atom. The molecule has 0 bridgehead atoms. The number of fused-ring (bicyclic) bond motifs is 1. The third-order valence-electron chi connectivity index (χ3n) is 2.74. The average molecular weight is 216 g/mol. The summed E-state index contributed by atoms with van der Waals surface area (Å²) in [5.41, 5.74) is 1.83. The van der Waals surface area contributed by atoms with Crippen molar-refractivity contribution in [3.05, 3.63) is 23.9 Å².